The van der Waals surface area contributed by atoms with E-state index >= 15 is 0 Å². The topological polar surface area (TPSA) is 59.6 Å². The Morgan fingerprint density at radius 3 is 2.61 bits per heavy atom. The quantitative estimate of drug-likeness (QED) is 0.327. The van der Waals surface area contributed by atoms with Gasteiger partial charge in [-0.15, -0.1) is 24.0 Å². The molecule has 0 aromatic rings. The summed E-state index contributed by atoms with van der Waals surface area (Å²) in [4.78, 5) is 4.27. The maximum Gasteiger partial charge on any atom is 0.188 e. The van der Waals surface area contributed by atoms with Crippen molar-refractivity contribution in [3.05, 3.63) is 0 Å². The number of halogens is 1. The van der Waals surface area contributed by atoms with E-state index in [2.05, 4.69) is 24.2 Å². The van der Waals surface area contributed by atoms with Crippen LogP contribution in [-0.2, 0) is 4.74 Å². The fourth-order valence-electron chi connectivity index (χ4n) is 2.05. The molecule has 1 fully saturated rings. The van der Waals surface area contributed by atoms with Crippen molar-refractivity contribution in [2.75, 3.05) is 19.8 Å². The highest BCUT2D eigenvalue weighted by Gasteiger charge is 2.12. The Hall–Kier alpha value is -0.0400. The van der Waals surface area contributed by atoms with Gasteiger partial charge in [0, 0.05) is 12.6 Å². The van der Waals surface area contributed by atoms with Gasteiger partial charge in [0.15, 0.2) is 5.96 Å². The summed E-state index contributed by atoms with van der Waals surface area (Å²) in [5, 5.41) is 3.29. The van der Waals surface area contributed by atoms with Crippen LogP contribution in [0, 0.1) is 5.92 Å². The Kier molecular flexibility index (Phi) is 10.8. The summed E-state index contributed by atoms with van der Waals surface area (Å²) in [7, 11) is 0. The van der Waals surface area contributed by atoms with E-state index in [1.807, 2.05) is 0 Å². The van der Waals surface area contributed by atoms with E-state index < -0.39 is 0 Å². The van der Waals surface area contributed by atoms with Crippen LogP contribution in [-0.4, -0.2) is 31.8 Å². The van der Waals surface area contributed by atoms with Crippen LogP contribution < -0.4 is 11.1 Å². The van der Waals surface area contributed by atoms with Crippen LogP contribution in [0.3, 0.4) is 0 Å². The summed E-state index contributed by atoms with van der Waals surface area (Å²) in [5.74, 6) is 1.15. The molecule has 0 radical (unpaired) electrons. The van der Waals surface area contributed by atoms with Crippen LogP contribution in [0.4, 0.5) is 0 Å². The lowest BCUT2D eigenvalue weighted by Crippen LogP contribution is -2.41. The van der Waals surface area contributed by atoms with E-state index in [0.717, 1.165) is 6.61 Å². The third-order valence-corrected chi connectivity index (χ3v) is 2.93. The van der Waals surface area contributed by atoms with Gasteiger partial charge >= 0.3 is 0 Å². The van der Waals surface area contributed by atoms with E-state index in [0.29, 0.717) is 31.1 Å². The minimum absolute atomic E-state index is 0. The van der Waals surface area contributed by atoms with E-state index in [1.165, 1.54) is 32.1 Å². The molecule has 1 aliphatic rings. The van der Waals surface area contributed by atoms with Gasteiger partial charge in [-0.3, -0.25) is 4.99 Å². The third kappa shape index (κ3) is 8.97. The molecule has 0 amide bonds. The van der Waals surface area contributed by atoms with Gasteiger partial charge in [0.2, 0.25) is 0 Å². The molecule has 18 heavy (non-hydrogen) atoms. The fourth-order valence-corrected chi connectivity index (χ4v) is 2.05. The Labute approximate surface area is 128 Å². The van der Waals surface area contributed by atoms with Gasteiger partial charge in [0.05, 0.1) is 13.2 Å². The molecule has 0 aromatic carbocycles. The minimum Gasteiger partial charge on any atom is -0.379 e. The summed E-state index contributed by atoms with van der Waals surface area (Å²) in [5.41, 5.74) is 5.83. The van der Waals surface area contributed by atoms with Crippen molar-refractivity contribution in [2.45, 2.75) is 52.0 Å². The molecule has 0 aromatic heterocycles. The molecule has 0 bridgehead atoms. The molecule has 5 heteroatoms. The first-order valence-electron chi connectivity index (χ1n) is 6.82. The molecule has 0 unspecified atom stereocenters. The molecule has 1 saturated carbocycles. The Bertz CT molecular complexity index is 228. The summed E-state index contributed by atoms with van der Waals surface area (Å²) < 4.78 is 5.45. The summed E-state index contributed by atoms with van der Waals surface area (Å²) in [6.07, 6.45) is 6.42. The predicted octanol–water partition coefficient (Wildman–Crippen LogP) is 2.51. The first-order valence-corrected chi connectivity index (χ1v) is 6.82. The standard InChI is InChI=1S/C13H27N3O.HI/c1-11(2)10-17-9-8-15-13(14)16-12-6-4-3-5-7-12;/h11-12H,3-10H2,1-2H3,(H3,14,15,16);1H. The van der Waals surface area contributed by atoms with Gasteiger partial charge in [-0.25, -0.2) is 0 Å². The second-order valence-electron chi connectivity index (χ2n) is 5.21. The molecule has 0 atom stereocenters. The van der Waals surface area contributed by atoms with Crippen LogP contribution in [0.25, 0.3) is 0 Å². The number of aliphatic imine (C=N–C) groups is 1. The number of hydrogen-bond donors (Lipinski definition) is 2. The van der Waals surface area contributed by atoms with Gasteiger partial charge < -0.3 is 15.8 Å². The lowest BCUT2D eigenvalue weighted by molar-refractivity contribution is 0.117. The number of nitrogens with two attached hydrogens (primary N) is 1. The zero-order valence-corrected chi connectivity index (χ0v) is 14.0. The number of hydrogen-bond acceptors (Lipinski definition) is 2. The average Bonchev–Trinajstić information content (AvgIpc) is 2.29. The van der Waals surface area contributed by atoms with Gasteiger partial charge in [0.25, 0.3) is 0 Å². The van der Waals surface area contributed by atoms with E-state index in [1.54, 1.807) is 0 Å². The smallest absolute Gasteiger partial charge is 0.188 e. The van der Waals surface area contributed by atoms with E-state index in [9.17, 15) is 0 Å². The molecule has 3 N–H and O–H groups in total. The van der Waals surface area contributed by atoms with E-state index in [4.69, 9.17) is 10.5 Å². The van der Waals surface area contributed by atoms with Gasteiger partial charge in [0.1, 0.15) is 0 Å². The van der Waals surface area contributed by atoms with Crippen molar-refractivity contribution in [1.82, 2.24) is 5.32 Å². The molecule has 0 saturated heterocycles. The Balaban J connectivity index is 0.00000289. The lowest BCUT2D eigenvalue weighted by atomic mass is 9.96. The monoisotopic (exact) mass is 369 g/mol. The lowest BCUT2D eigenvalue weighted by Gasteiger charge is -2.23. The zero-order valence-electron chi connectivity index (χ0n) is 11.7. The zero-order chi connectivity index (χ0) is 12.5. The molecule has 0 heterocycles. The highest BCUT2D eigenvalue weighted by Crippen LogP contribution is 2.16. The van der Waals surface area contributed by atoms with Crippen molar-refractivity contribution < 1.29 is 4.74 Å². The summed E-state index contributed by atoms with van der Waals surface area (Å²) in [6, 6.07) is 0.532. The maximum absolute atomic E-state index is 5.83. The second kappa shape index (κ2) is 10.8. The first kappa shape index (κ1) is 18.0. The summed E-state index contributed by atoms with van der Waals surface area (Å²) in [6.45, 7) is 6.39. The molecule has 0 spiro atoms. The fraction of sp³-hybridized carbons (Fsp3) is 0.923. The van der Waals surface area contributed by atoms with Gasteiger partial charge in [-0.2, -0.15) is 0 Å². The Morgan fingerprint density at radius 2 is 2.00 bits per heavy atom. The molecular weight excluding hydrogens is 341 g/mol. The maximum atomic E-state index is 5.83. The highest BCUT2D eigenvalue weighted by atomic mass is 127. The number of ether oxygens (including phenoxy) is 1. The van der Waals surface area contributed by atoms with Crippen LogP contribution in [0.5, 0.6) is 0 Å². The highest BCUT2D eigenvalue weighted by molar-refractivity contribution is 14.0. The number of guanidine groups is 1. The SMILES string of the molecule is CC(C)COCCN=C(N)NC1CCCCC1.I. The van der Waals surface area contributed by atoms with Crippen molar-refractivity contribution in [2.24, 2.45) is 16.6 Å². The van der Waals surface area contributed by atoms with E-state index in [-0.39, 0.29) is 24.0 Å². The third-order valence-electron chi connectivity index (χ3n) is 2.93. The molecule has 108 valence electrons. The van der Waals surface area contributed by atoms with Crippen molar-refractivity contribution in [1.29, 1.82) is 0 Å². The average molecular weight is 369 g/mol. The second-order valence-corrected chi connectivity index (χ2v) is 5.21. The Morgan fingerprint density at radius 1 is 1.33 bits per heavy atom. The molecule has 4 nitrogen and oxygen atoms in total. The van der Waals surface area contributed by atoms with Gasteiger partial charge in [-0.1, -0.05) is 33.1 Å². The van der Waals surface area contributed by atoms with Gasteiger partial charge in [-0.05, 0) is 18.8 Å². The van der Waals surface area contributed by atoms with Crippen molar-refractivity contribution in [3.63, 3.8) is 0 Å². The predicted molar refractivity (Wildman–Crippen MR) is 87.6 cm³/mol. The van der Waals surface area contributed by atoms with Crippen molar-refractivity contribution >= 4 is 29.9 Å². The summed E-state index contributed by atoms with van der Waals surface area (Å²) >= 11 is 0. The first-order chi connectivity index (χ1) is 8.18. The molecule has 1 rings (SSSR count). The van der Waals surface area contributed by atoms with Crippen LogP contribution in [0.2, 0.25) is 0 Å². The minimum atomic E-state index is 0. The van der Waals surface area contributed by atoms with Crippen LogP contribution in [0.15, 0.2) is 4.99 Å². The number of nitrogens with zero attached hydrogens (tertiary/aromatic N) is 1. The number of rotatable bonds is 6. The normalized spacial score (nSPS) is 17.6. The van der Waals surface area contributed by atoms with Crippen molar-refractivity contribution in [3.8, 4) is 0 Å². The molecular formula is C13H28IN3O. The largest absolute Gasteiger partial charge is 0.379 e. The van der Waals surface area contributed by atoms with Crippen LogP contribution >= 0.6 is 24.0 Å². The van der Waals surface area contributed by atoms with Crippen LogP contribution in [0.1, 0.15) is 46.0 Å². The molecule has 1 aliphatic carbocycles. The number of nitrogens with one attached hydrogen (secondary N) is 1. The molecule has 0 aliphatic heterocycles.